The quantitative estimate of drug-likeness (QED) is 0.898. The summed E-state index contributed by atoms with van der Waals surface area (Å²) in [5, 5.41) is 7.88. The van der Waals surface area contributed by atoms with Crippen molar-refractivity contribution in [2.45, 2.75) is 26.3 Å². The third kappa shape index (κ3) is 2.06. The van der Waals surface area contributed by atoms with Crippen LogP contribution in [0.25, 0.3) is 5.52 Å². The largest absolute Gasteiger partial charge is 0.381 e. The number of hydrogen-bond donors (Lipinski definition) is 1. The summed E-state index contributed by atoms with van der Waals surface area (Å²) in [6, 6.07) is 2.41. The highest BCUT2D eigenvalue weighted by molar-refractivity contribution is 5.67. The fraction of sp³-hybridized carbons (Fsp3) is 0.538. The molecule has 0 aliphatic carbocycles. The average Bonchev–Trinajstić information content (AvgIpc) is 2.96. The Morgan fingerprint density at radius 3 is 3.22 bits per heavy atom. The van der Waals surface area contributed by atoms with E-state index in [0.29, 0.717) is 12.0 Å². The van der Waals surface area contributed by atoms with Crippen molar-refractivity contribution in [1.82, 2.24) is 14.6 Å². The molecule has 3 heterocycles. The van der Waals surface area contributed by atoms with E-state index < -0.39 is 0 Å². The molecule has 3 rings (SSSR count). The van der Waals surface area contributed by atoms with Crippen molar-refractivity contribution in [2.75, 3.05) is 18.5 Å². The molecule has 2 unspecified atom stereocenters. The molecule has 2 aromatic rings. The Morgan fingerprint density at radius 2 is 2.44 bits per heavy atom. The summed E-state index contributed by atoms with van der Waals surface area (Å²) in [7, 11) is 0. The number of ether oxygens (including phenoxy) is 1. The van der Waals surface area contributed by atoms with E-state index in [2.05, 4.69) is 22.3 Å². The molecule has 5 nitrogen and oxygen atoms in total. The highest BCUT2D eigenvalue weighted by atomic mass is 16.5. The lowest BCUT2D eigenvalue weighted by Crippen LogP contribution is -2.26. The van der Waals surface area contributed by atoms with Gasteiger partial charge in [-0.05, 0) is 26.3 Å². The molecular formula is C13H18N4O. The normalized spacial score (nSPS) is 21.3. The number of fused-ring (bicyclic) bond motifs is 1. The van der Waals surface area contributed by atoms with Crippen LogP contribution in [0.4, 0.5) is 5.82 Å². The maximum absolute atomic E-state index is 5.43. The van der Waals surface area contributed by atoms with Crippen LogP contribution in [-0.4, -0.2) is 33.9 Å². The summed E-state index contributed by atoms with van der Waals surface area (Å²) >= 11 is 0. The van der Waals surface area contributed by atoms with Crippen molar-refractivity contribution in [1.29, 1.82) is 0 Å². The van der Waals surface area contributed by atoms with Gasteiger partial charge in [-0.2, -0.15) is 5.10 Å². The van der Waals surface area contributed by atoms with Crippen LogP contribution < -0.4 is 5.32 Å². The second-order valence-electron chi connectivity index (χ2n) is 4.95. The number of nitrogens with zero attached hydrogens (tertiary/aromatic N) is 3. The van der Waals surface area contributed by atoms with Gasteiger partial charge in [0.15, 0.2) is 5.82 Å². The van der Waals surface area contributed by atoms with E-state index in [0.717, 1.165) is 36.7 Å². The topological polar surface area (TPSA) is 51.5 Å². The van der Waals surface area contributed by atoms with Gasteiger partial charge in [0.2, 0.25) is 0 Å². The van der Waals surface area contributed by atoms with Gasteiger partial charge in [0.25, 0.3) is 0 Å². The highest BCUT2D eigenvalue weighted by Crippen LogP contribution is 2.22. The molecule has 0 saturated carbocycles. The van der Waals surface area contributed by atoms with E-state index >= 15 is 0 Å². The molecule has 18 heavy (non-hydrogen) atoms. The fourth-order valence-electron chi connectivity index (χ4n) is 2.44. The minimum Gasteiger partial charge on any atom is -0.381 e. The van der Waals surface area contributed by atoms with Gasteiger partial charge in [0, 0.05) is 31.0 Å². The second kappa shape index (κ2) is 4.57. The Bertz CT molecular complexity index is 545. The van der Waals surface area contributed by atoms with Crippen molar-refractivity contribution in [3.8, 4) is 0 Å². The minimum absolute atomic E-state index is 0.362. The number of aryl methyl sites for hydroxylation is 1. The number of aromatic nitrogens is 3. The van der Waals surface area contributed by atoms with Gasteiger partial charge in [-0.3, -0.25) is 0 Å². The lowest BCUT2D eigenvalue weighted by molar-refractivity contribution is 0.183. The standard InChI is InChI=1S/C13H18N4O/c1-9-7-12-13(14-4-5-17(12)16-9)15-10(2)11-3-6-18-8-11/h4-5,7,10-11H,3,6,8H2,1-2H3,(H,14,15). The summed E-state index contributed by atoms with van der Waals surface area (Å²) in [5.41, 5.74) is 2.03. The maximum Gasteiger partial charge on any atom is 0.152 e. The van der Waals surface area contributed by atoms with E-state index in [1.807, 2.05) is 23.7 Å². The molecule has 0 bridgehead atoms. The lowest BCUT2D eigenvalue weighted by Gasteiger charge is -2.20. The van der Waals surface area contributed by atoms with E-state index in [4.69, 9.17) is 4.74 Å². The van der Waals surface area contributed by atoms with Crippen LogP contribution in [0.1, 0.15) is 19.0 Å². The van der Waals surface area contributed by atoms with Gasteiger partial charge in [-0.15, -0.1) is 0 Å². The molecule has 1 N–H and O–H groups in total. The predicted molar refractivity (Wildman–Crippen MR) is 69.7 cm³/mol. The first kappa shape index (κ1) is 11.5. The first-order chi connectivity index (χ1) is 8.74. The van der Waals surface area contributed by atoms with Gasteiger partial charge in [-0.25, -0.2) is 9.50 Å². The zero-order valence-corrected chi connectivity index (χ0v) is 10.8. The Hall–Kier alpha value is -1.62. The molecule has 1 saturated heterocycles. The average molecular weight is 246 g/mol. The van der Waals surface area contributed by atoms with Crippen LogP contribution >= 0.6 is 0 Å². The molecule has 0 radical (unpaired) electrons. The Labute approximate surface area is 106 Å². The van der Waals surface area contributed by atoms with Crippen molar-refractivity contribution >= 4 is 11.3 Å². The summed E-state index contributed by atoms with van der Waals surface area (Å²) in [6.07, 6.45) is 4.77. The first-order valence-electron chi connectivity index (χ1n) is 6.39. The van der Waals surface area contributed by atoms with Crippen LogP contribution in [0.15, 0.2) is 18.5 Å². The van der Waals surface area contributed by atoms with E-state index in [9.17, 15) is 0 Å². The summed E-state index contributed by atoms with van der Waals surface area (Å²) < 4.78 is 7.29. The SMILES string of the molecule is Cc1cc2c(NC(C)C3CCOC3)nccn2n1. The summed E-state index contributed by atoms with van der Waals surface area (Å²) in [5.74, 6) is 1.47. The Kier molecular flexibility index (Phi) is 2.91. The summed E-state index contributed by atoms with van der Waals surface area (Å²) in [6.45, 7) is 5.90. The molecule has 2 atom stereocenters. The molecule has 1 fully saturated rings. The molecule has 5 heteroatoms. The highest BCUT2D eigenvalue weighted by Gasteiger charge is 2.23. The van der Waals surface area contributed by atoms with Gasteiger partial charge in [0.05, 0.1) is 12.3 Å². The number of nitrogens with one attached hydrogen (secondary N) is 1. The van der Waals surface area contributed by atoms with Gasteiger partial charge >= 0.3 is 0 Å². The van der Waals surface area contributed by atoms with Crippen LogP contribution in [0.3, 0.4) is 0 Å². The second-order valence-corrected chi connectivity index (χ2v) is 4.95. The fourth-order valence-corrected chi connectivity index (χ4v) is 2.44. The molecular weight excluding hydrogens is 228 g/mol. The Balaban J connectivity index is 1.85. The summed E-state index contributed by atoms with van der Waals surface area (Å²) in [4.78, 5) is 4.42. The monoisotopic (exact) mass is 246 g/mol. The Morgan fingerprint density at radius 1 is 1.56 bits per heavy atom. The zero-order valence-electron chi connectivity index (χ0n) is 10.8. The van der Waals surface area contributed by atoms with E-state index in [1.54, 1.807) is 6.20 Å². The lowest BCUT2D eigenvalue weighted by atomic mass is 10.0. The first-order valence-corrected chi connectivity index (χ1v) is 6.39. The number of hydrogen-bond acceptors (Lipinski definition) is 4. The zero-order chi connectivity index (χ0) is 12.5. The van der Waals surface area contributed by atoms with Crippen molar-refractivity contribution in [3.05, 3.63) is 24.2 Å². The van der Waals surface area contributed by atoms with Crippen molar-refractivity contribution < 1.29 is 4.74 Å². The molecule has 0 aromatic carbocycles. The molecule has 0 amide bonds. The molecule has 1 aliphatic rings. The number of anilines is 1. The smallest absolute Gasteiger partial charge is 0.152 e. The molecule has 96 valence electrons. The van der Waals surface area contributed by atoms with Gasteiger partial charge < -0.3 is 10.1 Å². The van der Waals surface area contributed by atoms with Crippen molar-refractivity contribution in [2.24, 2.45) is 5.92 Å². The van der Waals surface area contributed by atoms with E-state index in [1.165, 1.54) is 0 Å². The maximum atomic E-state index is 5.43. The van der Waals surface area contributed by atoms with Gasteiger partial charge in [-0.1, -0.05) is 0 Å². The minimum atomic E-state index is 0.362. The molecule has 1 aliphatic heterocycles. The predicted octanol–water partition coefficient (Wildman–Crippen LogP) is 1.87. The number of rotatable bonds is 3. The van der Waals surface area contributed by atoms with Crippen LogP contribution in [0.5, 0.6) is 0 Å². The molecule has 2 aromatic heterocycles. The van der Waals surface area contributed by atoms with Crippen LogP contribution in [-0.2, 0) is 4.74 Å². The van der Waals surface area contributed by atoms with Crippen LogP contribution in [0.2, 0.25) is 0 Å². The van der Waals surface area contributed by atoms with Crippen LogP contribution in [0, 0.1) is 12.8 Å². The third-order valence-electron chi connectivity index (χ3n) is 3.55. The third-order valence-corrected chi connectivity index (χ3v) is 3.55. The van der Waals surface area contributed by atoms with Crippen molar-refractivity contribution in [3.63, 3.8) is 0 Å². The van der Waals surface area contributed by atoms with E-state index in [-0.39, 0.29) is 0 Å². The van der Waals surface area contributed by atoms with Gasteiger partial charge in [0.1, 0.15) is 5.52 Å². The molecule has 0 spiro atoms.